The van der Waals surface area contributed by atoms with Crippen LogP contribution < -0.4 is 0 Å². The number of azide groups is 1. The lowest BCUT2D eigenvalue weighted by atomic mass is 10.1. The molecule has 1 aliphatic rings. The summed E-state index contributed by atoms with van der Waals surface area (Å²) in [6, 6.07) is 0. The average molecular weight is 228 g/mol. The molecule has 16 heavy (non-hydrogen) atoms. The fraction of sp³-hybridized carbons (Fsp3) is 0.750. The topological polar surface area (TPSA) is 127 Å². The summed E-state index contributed by atoms with van der Waals surface area (Å²) in [6.45, 7) is 0.311. The monoisotopic (exact) mass is 228 g/mol. The van der Waals surface area contributed by atoms with Crippen molar-refractivity contribution < 1.29 is 19.8 Å². The Balaban J connectivity index is 2.48. The van der Waals surface area contributed by atoms with Crippen LogP contribution in [0.1, 0.15) is 6.42 Å². The van der Waals surface area contributed by atoms with E-state index in [9.17, 15) is 9.59 Å². The van der Waals surface area contributed by atoms with Gasteiger partial charge < -0.3 is 15.1 Å². The number of aliphatic hydroxyl groups excluding tert-OH is 1. The van der Waals surface area contributed by atoms with E-state index in [1.165, 1.54) is 4.90 Å². The minimum absolute atomic E-state index is 0.0932. The molecule has 2 atom stereocenters. The Morgan fingerprint density at radius 2 is 2.44 bits per heavy atom. The van der Waals surface area contributed by atoms with Crippen molar-refractivity contribution in [2.75, 3.05) is 19.6 Å². The van der Waals surface area contributed by atoms with Crippen molar-refractivity contribution in [2.45, 2.75) is 12.5 Å². The maximum atomic E-state index is 11.4. The molecule has 0 aliphatic carbocycles. The van der Waals surface area contributed by atoms with E-state index < -0.39 is 12.1 Å². The molecule has 0 aromatic rings. The molecule has 8 nitrogen and oxygen atoms in total. The van der Waals surface area contributed by atoms with E-state index in [0.29, 0.717) is 6.54 Å². The number of hydrogen-bond acceptors (Lipinski definition) is 4. The first-order chi connectivity index (χ1) is 7.54. The van der Waals surface area contributed by atoms with Gasteiger partial charge in [0, 0.05) is 24.4 Å². The van der Waals surface area contributed by atoms with Crippen molar-refractivity contribution in [2.24, 2.45) is 11.0 Å². The van der Waals surface area contributed by atoms with Crippen molar-refractivity contribution in [1.82, 2.24) is 4.90 Å². The van der Waals surface area contributed by atoms with Crippen molar-refractivity contribution in [3.05, 3.63) is 10.4 Å². The number of β-amino-alcohol motifs (C(OH)–C–C–N with tert-alkyl or cyclic N) is 1. The number of carbonyl (C=O) groups is 2. The molecule has 0 bridgehead atoms. The van der Waals surface area contributed by atoms with Gasteiger partial charge in [-0.25, -0.2) is 4.79 Å². The summed E-state index contributed by atoms with van der Waals surface area (Å²) in [7, 11) is 0. The predicted octanol–water partition coefficient (Wildman–Crippen LogP) is -0.409. The fourth-order valence-electron chi connectivity index (χ4n) is 1.59. The third-order valence-corrected chi connectivity index (χ3v) is 2.38. The van der Waals surface area contributed by atoms with Crippen LogP contribution in [-0.2, 0) is 9.59 Å². The van der Waals surface area contributed by atoms with Gasteiger partial charge in [0.1, 0.15) is 0 Å². The zero-order valence-corrected chi connectivity index (χ0v) is 8.48. The molecule has 1 unspecified atom stereocenters. The normalized spacial score (nSPS) is 21.7. The van der Waals surface area contributed by atoms with Crippen molar-refractivity contribution in [1.29, 1.82) is 0 Å². The zero-order chi connectivity index (χ0) is 12.1. The van der Waals surface area contributed by atoms with Crippen LogP contribution in [0, 0.1) is 5.92 Å². The summed E-state index contributed by atoms with van der Waals surface area (Å²) in [5.41, 5.74) is 8.12. The van der Waals surface area contributed by atoms with Crippen LogP contribution in [0.2, 0.25) is 0 Å². The van der Waals surface area contributed by atoms with E-state index in [1.54, 1.807) is 0 Å². The molecular formula is C8H12N4O4. The lowest BCUT2D eigenvalue weighted by Crippen LogP contribution is -2.37. The molecule has 0 radical (unpaired) electrons. The molecule has 8 heteroatoms. The highest BCUT2D eigenvalue weighted by molar-refractivity contribution is 5.80. The summed E-state index contributed by atoms with van der Waals surface area (Å²) in [5.74, 6) is -1.67. The Morgan fingerprint density at radius 1 is 1.75 bits per heavy atom. The summed E-state index contributed by atoms with van der Waals surface area (Å²) >= 11 is 0. The lowest BCUT2D eigenvalue weighted by Gasteiger charge is -2.17. The molecule has 1 saturated heterocycles. The van der Waals surface area contributed by atoms with Gasteiger partial charge in [0.25, 0.3) is 0 Å². The number of nitrogens with zero attached hydrogens (tertiary/aromatic N) is 4. The number of rotatable bonds is 5. The van der Waals surface area contributed by atoms with Gasteiger partial charge in [-0.15, -0.1) is 0 Å². The van der Waals surface area contributed by atoms with E-state index in [4.69, 9.17) is 15.7 Å². The van der Waals surface area contributed by atoms with Crippen LogP contribution in [-0.4, -0.2) is 52.7 Å². The Hall–Kier alpha value is -1.79. The minimum atomic E-state index is -1.57. The molecule has 1 amide bonds. The summed E-state index contributed by atoms with van der Waals surface area (Å²) < 4.78 is 0. The Labute approximate surface area is 91.1 Å². The number of carboxylic acid groups (broad SMARTS) is 1. The molecule has 88 valence electrons. The molecule has 1 heterocycles. The Bertz CT molecular complexity index is 339. The highest BCUT2D eigenvalue weighted by Gasteiger charge is 2.31. The number of carboxylic acids is 1. The van der Waals surface area contributed by atoms with Gasteiger partial charge in [-0.3, -0.25) is 4.79 Å². The Kier molecular flexibility index (Phi) is 4.10. The standard InChI is InChI=1S/C8H12N4O4/c9-11-10-2-5-1-7(14)12(3-5)4-6(13)8(15)16/h5-6,13H,1-4H2,(H,15,16)/t5?,6-/m0/s1. The zero-order valence-electron chi connectivity index (χ0n) is 8.48. The van der Waals surface area contributed by atoms with E-state index in [1.807, 2.05) is 0 Å². The fourth-order valence-corrected chi connectivity index (χ4v) is 1.59. The quantitative estimate of drug-likeness (QED) is 0.376. The van der Waals surface area contributed by atoms with E-state index >= 15 is 0 Å². The number of amides is 1. The first-order valence-electron chi connectivity index (χ1n) is 4.74. The van der Waals surface area contributed by atoms with Crippen LogP contribution in [0.4, 0.5) is 0 Å². The second-order valence-corrected chi connectivity index (χ2v) is 3.64. The van der Waals surface area contributed by atoms with Gasteiger partial charge in [0.05, 0.1) is 6.54 Å². The highest BCUT2D eigenvalue weighted by atomic mass is 16.4. The highest BCUT2D eigenvalue weighted by Crippen LogP contribution is 2.18. The Morgan fingerprint density at radius 3 is 3.00 bits per heavy atom. The third kappa shape index (κ3) is 3.11. The number of aliphatic hydroxyl groups is 1. The number of likely N-dealkylation sites (tertiary alicyclic amines) is 1. The maximum Gasteiger partial charge on any atom is 0.334 e. The van der Waals surface area contributed by atoms with Crippen LogP contribution in [0.3, 0.4) is 0 Å². The molecule has 0 spiro atoms. The molecule has 2 N–H and O–H groups in total. The van der Waals surface area contributed by atoms with E-state index in [2.05, 4.69) is 10.0 Å². The minimum Gasteiger partial charge on any atom is -0.479 e. The van der Waals surface area contributed by atoms with Crippen molar-refractivity contribution in [3.8, 4) is 0 Å². The van der Waals surface area contributed by atoms with Crippen LogP contribution in [0.25, 0.3) is 10.4 Å². The van der Waals surface area contributed by atoms with Crippen molar-refractivity contribution >= 4 is 11.9 Å². The number of hydrogen-bond donors (Lipinski definition) is 2. The van der Waals surface area contributed by atoms with Gasteiger partial charge >= 0.3 is 5.97 Å². The SMILES string of the molecule is [N-]=[N+]=NCC1CC(=O)N(C[C@H](O)C(=O)O)C1. The number of aliphatic carboxylic acids is 1. The van der Waals surface area contributed by atoms with Gasteiger partial charge in [-0.1, -0.05) is 5.11 Å². The van der Waals surface area contributed by atoms with Crippen LogP contribution in [0.5, 0.6) is 0 Å². The second-order valence-electron chi connectivity index (χ2n) is 3.64. The molecule has 1 aliphatic heterocycles. The first kappa shape index (κ1) is 12.3. The molecule has 1 fully saturated rings. The van der Waals surface area contributed by atoms with E-state index in [0.717, 1.165) is 0 Å². The molecule has 0 saturated carbocycles. The third-order valence-electron chi connectivity index (χ3n) is 2.38. The smallest absolute Gasteiger partial charge is 0.334 e. The lowest BCUT2D eigenvalue weighted by molar-refractivity contribution is -0.148. The van der Waals surface area contributed by atoms with Gasteiger partial charge in [-0.2, -0.15) is 0 Å². The maximum absolute atomic E-state index is 11.4. The molecule has 0 aromatic heterocycles. The van der Waals surface area contributed by atoms with E-state index in [-0.39, 0.29) is 31.3 Å². The van der Waals surface area contributed by atoms with Gasteiger partial charge in [0.15, 0.2) is 6.10 Å². The summed E-state index contributed by atoms with van der Waals surface area (Å²) in [5, 5.41) is 20.9. The van der Waals surface area contributed by atoms with Crippen LogP contribution in [0.15, 0.2) is 5.11 Å². The second kappa shape index (κ2) is 5.34. The van der Waals surface area contributed by atoms with Gasteiger partial charge in [-0.05, 0) is 11.4 Å². The summed E-state index contributed by atoms with van der Waals surface area (Å²) in [4.78, 5) is 25.7. The predicted molar refractivity (Wildman–Crippen MR) is 52.3 cm³/mol. The molecule has 0 aromatic carbocycles. The van der Waals surface area contributed by atoms with Crippen LogP contribution >= 0.6 is 0 Å². The molecular weight excluding hydrogens is 216 g/mol. The average Bonchev–Trinajstić information content (AvgIpc) is 2.56. The largest absolute Gasteiger partial charge is 0.479 e. The summed E-state index contributed by atoms with van der Waals surface area (Å²) in [6.07, 6.45) is -1.34. The first-order valence-corrected chi connectivity index (χ1v) is 4.74. The van der Waals surface area contributed by atoms with Gasteiger partial charge in [0.2, 0.25) is 5.91 Å². The van der Waals surface area contributed by atoms with Crippen molar-refractivity contribution in [3.63, 3.8) is 0 Å². The molecule has 1 rings (SSSR count). The number of carbonyl (C=O) groups excluding carboxylic acids is 1.